The molecule has 6 rings (SSSR count). The van der Waals surface area contributed by atoms with E-state index in [4.69, 9.17) is 9.57 Å². The van der Waals surface area contributed by atoms with E-state index in [0.717, 1.165) is 24.2 Å². The molecule has 0 amide bonds. The van der Waals surface area contributed by atoms with Crippen molar-refractivity contribution in [3.05, 3.63) is 53.6 Å². The quantitative estimate of drug-likeness (QED) is 0.435. The van der Waals surface area contributed by atoms with Gasteiger partial charge in [-0.3, -0.25) is 14.4 Å². The smallest absolute Gasteiger partial charge is 0.192 e. The molecule has 228 valence electrons. The lowest BCUT2D eigenvalue weighted by Crippen LogP contribution is -2.70. The average molecular weight is 586 g/mol. The van der Waals surface area contributed by atoms with Gasteiger partial charge in [0.1, 0.15) is 18.5 Å². The van der Waals surface area contributed by atoms with Gasteiger partial charge in [0.2, 0.25) is 0 Å². The highest BCUT2D eigenvalue weighted by Gasteiger charge is 2.79. The lowest BCUT2D eigenvalue weighted by molar-refractivity contribution is -0.269. The lowest BCUT2D eigenvalue weighted by atomic mass is 9.44. The summed E-state index contributed by atoms with van der Waals surface area (Å²) in [5, 5.41) is 23.5. The van der Waals surface area contributed by atoms with E-state index in [1.807, 2.05) is 31.2 Å². The van der Waals surface area contributed by atoms with E-state index in [1.165, 1.54) is 18.2 Å². The number of carbonyl (C=O) groups is 2. The fraction of sp³-hybridized carbons (Fsp3) is 0.636. The van der Waals surface area contributed by atoms with Crippen molar-refractivity contribution in [3.8, 4) is 5.75 Å². The number of carbonyl (C=O) groups excluding carboxylic acids is 2. The monoisotopic (exact) mass is 585 g/mol. The summed E-state index contributed by atoms with van der Waals surface area (Å²) >= 11 is 0. The summed E-state index contributed by atoms with van der Waals surface area (Å²) in [5.74, 6) is -1.87. The molecule has 0 unspecified atom stereocenters. The van der Waals surface area contributed by atoms with E-state index in [-0.39, 0.29) is 24.3 Å². The Bertz CT molecular complexity index is 1320. The molecule has 1 aliphatic heterocycles. The standard InChI is InChI=1S/C33H41F2NO6/c1-4-5-12-41-23-8-6-20(7-9-23)17-36-18-21-13-24-25-15-27(34)26-14-22(38)10-11-30(26,2)32(25,35)28(39)16-31(24,3)33(21,42-36)29(40)19-37/h6-11,14,21,24-25,27-28,37,39H,4-5,12-13,15-19H2,1-3H3/t21-,24-,25-,27-,28-,30-,31-,32-,33-/m0/s1. The molecular formula is C33H41F2NO6. The van der Waals surface area contributed by atoms with Crippen molar-refractivity contribution < 1.29 is 38.2 Å². The number of rotatable bonds is 8. The third kappa shape index (κ3) is 3.96. The van der Waals surface area contributed by atoms with Crippen LogP contribution in [-0.4, -0.2) is 70.1 Å². The first-order valence-electron chi connectivity index (χ1n) is 15.2. The lowest BCUT2D eigenvalue weighted by Gasteiger charge is -2.63. The van der Waals surface area contributed by atoms with Gasteiger partial charge in [0, 0.05) is 35.8 Å². The second-order valence-electron chi connectivity index (χ2n) is 13.4. The normalized spacial score (nSPS) is 42.4. The number of fused-ring (bicyclic) bond motifs is 7. The summed E-state index contributed by atoms with van der Waals surface area (Å²) in [7, 11) is 0. The van der Waals surface area contributed by atoms with E-state index < -0.39 is 64.4 Å². The second kappa shape index (κ2) is 10.3. The number of nitrogens with zero attached hydrogens (tertiary/aromatic N) is 1. The third-order valence-corrected chi connectivity index (χ3v) is 11.3. The van der Waals surface area contributed by atoms with Gasteiger partial charge in [0.15, 0.2) is 22.8 Å². The van der Waals surface area contributed by atoms with Crippen molar-refractivity contribution >= 4 is 11.6 Å². The van der Waals surface area contributed by atoms with Crippen molar-refractivity contribution in [2.75, 3.05) is 19.8 Å². The van der Waals surface area contributed by atoms with E-state index in [2.05, 4.69) is 6.92 Å². The number of hydrogen-bond acceptors (Lipinski definition) is 7. The predicted octanol–water partition coefficient (Wildman–Crippen LogP) is 4.46. The molecule has 7 nitrogen and oxygen atoms in total. The number of aliphatic hydroxyl groups excluding tert-OH is 2. The van der Waals surface area contributed by atoms with Crippen LogP contribution in [-0.2, 0) is 21.0 Å². The van der Waals surface area contributed by atoms with Crippen LogP contribution in [0.25, 0.3) is 0 Å². The van der Waals surface area contributed by atoms with Gasteiger partial charge in [-0.05, 0) is 73.9 Å². The summed E-state index contributed by atoms with van der Waals surface area (Å²) < 4.78 is 39.0. The molecule has 1 aromatic rings. The molecule has 2 N–H and O–H groups in total. The van der Waals surface area contributed by atoms with Crippen molar-refractivity contribution in [2.45, 2.75) is 83.0 Å². The number of Topliss-reactive ketones (excluding diaryl/α,β-unsaturated/α-hetero) is 1. The van der Waals surface area contributed by atoms with Crippen molar-refractivity contribution in [2.24, 2.45) is 28.6 Å². The Morgan fingerprint density at radius 1 is 1.19 bits per heavy atom. The maximum absolute atomic E-state index is 17.5. The molecule has 4 aliphatic carbocycles. The minimum atomic E-state index is -2.23. The van der Waals surface area contributed by atoms with Crippen LogP contribution in [0.2, 0.25) is 0 Å². The van der Waals surface area contributed by atoms with Crippen LogP contribution in [0.5, 0.6) is 5.75 Å². The van der Waals surface area contributed by atoms with E-state index in [1.54, 1.807) is 12.0 Å². The largest absolute Gasteiger partial charge is 0.494 e. The fourth-order valence-electron chi connectivity index (χ4n) is 9.26. The van der Waals surface area contributed by atoms with Crippen LogP contribution in [0.15, 0.2) is 48.1 Å². The van der Waals surface area contributed by atoms with Crippen LogP contribution < -0.4 is 4.74 Å². The Labute approximate surface area is 245 Å². The first kappa shape index (κ1) is 29.6. The number of hydroxylamine groups is 2. The molecule has 1 aromatic carbocycles. The maximum Gasteiger partial charge on any atom is 0.192 e. The Morgan fingerprint density at radius 3 is 2.62 bits per heavy atom. The van der Waals surface area contributed by atoms with Gasteiger partial charge in [-0.1, -0.05) is 38.5 Å². The molecule has 1 saturated heterocycles. The molecule has 0 aromatic heterocycles. The van der Waals surface area contributed by atoms with Crippen LogP contribution >= 0.6 is 0 Å². The second-order valence-corrected chi connectivity index (χ2v) is 13.4. The first-order valence-corrected chi connectivity index (χ1v) is 15.2. The van der Waals surface area contributed by atoms with Gasteiger partial charge in [0.25, 0.3) is 0 Å². The summed E-state index contributed by atoms with van der Waals surface area (Å²) in [6.07, 6.45) is 2.89. The topological polar surface area (TPSA) is 96.3 Å². The zero-order valence-corrected chi connectivity index (χ0v) is 24.5. The number of allylic oxidation sites excluding steroid dienone is 4. The van der Waals surface area contributed by atoms with Gasteiger partial charge in [0.05, 0.1) is 12.7 Å². The molecule has 9 atom stereocenters. The Hall–Kier alpha value is -2.46. The van der Waals surface area contributed by atoms with E-state index >= 15 is 8.78 Å². The zero-order valence-electron chi connectivity index (χ0n) is 24.5. The van der Waals surface area contributed by atoms with Gasteiger partial charge >= 0.3 is 0 Å². The average Bonchev–Trinajstić information content (AvgIpc) is 3.44. The number of benzene rings is 1. The van der Waals surface area contributed by atoms with Crippen molar-refractivity contribution in [1.82, 2.24) is 5.06 Å². The first-order chi connectivity index (χ1) is 19.9. The number of halogens is 2. The number of ether oxygens (including phenoxy) is 1. The summed E-state index contributed by atoms with van der Waals surface area (Å²) in [4.78, 5) is 32.3. The third-order valence-electron chi connectivity index (χ3n) is 11.3. The number of hydrogen-bond donors (Lipinski definition) is 2. The van der Waals surface area contributed by atoms with Gasteiger partial charge < -0.3 is 14.9 Å². The molecule has 0 radical (unpaired) electrons. The van der Waals surface area contributed by atoms with Gasteiger partial charge in [-0.15, -0.1) is 0 Å². The molecule has 1 heterocycles. The summed E-state index contributed by atoms with van der Waals surface area (Å²) in [5.41, 5.74) is -5.22. The Kier molecular flexibility index (Phi) is 7.28. The zero-order chi connectivity index (χ0) is 30.1. The molecule has 4 fully saturated rings. The molecule has 42 heavy (non-hydrogen) atoms. The highest BCUT2D eigenvalue weighted by atomic mass is 19.1. The van der Waals surface area contributed by atoms with Gasteiger partial charge in [-0.2, -0.15) is 5.06 Å². The number of alkyl halides is 2. The van der Waals surface area contributed by atoms with Gasteiger partial charge in [-0.25, -0.2) is 8.78 Å². The van der Waals surface area contributed by atoms with Crippen LogP contribution in [0.1, 0.15) is 58.4 Å². The molecule has 0 spiro atoms. The van der Waals surface area contributed by atoms with Crippen LogP contribution in [0.3, 0.4) is 0 Å². The van der Waals surface area contributed by atoms with E-state index in [0.29, 0.717) is 26.1 Å². The van der Waals surface area contributed by atoms with Crippen LogP contribution in [0, 0.1) is 28.6 Å². The number of aliphatic hydroxyl groups is 2. The fourth-order valence-corrected chi connectivity index (χ4v) is 9.26. The molecule has 3 saturated carbocycles. The number of unbranched alkanes of at least 4 members (excludes halogenated alkanes) is 1. The SMILES string of the molecule is CCCCOc1ccc(CN2C[C@@H]3C[C@H]4[C@@H]5C[C@H](F)C6=CC(=O)C=C[C@]6(C)[C@@]5(F)[C@@H](O)C[C@]4(C)[C@]3(C(=O)CO)O2)cc1. The predicted molar refractivity (Wildman–Crippen MR) is 151 cm³/mol. The molecular weight excluding hydrogens is 544 g/mol. The Morgan fingerprint density at radius 2 is 1.93 bits per heavy atom. The van der Waals surface area contributed by atoms with Crippen molar-refractivity contribution in [1.29, 1.82) is 0 Å². The summed E-state index contributed by atoms with van der Waals surface area (Å²) in [6, 6.07) is 7.70. The maximum atomic E-state index is 17.5. The molecule has 9 heteroatoms. The minimum absolute atomic E-state index is 0.0694. The highest BCUT2D eigenvalue weighted by Crippen LogP contribution is 2.72. The number of ketones is 2. The molecule has 5 aliphatic rings. The van der Waals surface area contributed by atoms with Crippen molar-refractivity contribution in [3.63, 3.8) is 0 Å². The minimum Gasteiger partial charge on any atom is -0.494 e. The summed E-state index contributed by atoms with van der Waals surface area (Å²) in [6.45, 7) is 6.18. The van der Waals surface area contributed by atoms with Crippen LogP contribution in [0.4, 0.5) is 8.78 Å². The van der Waals surface area contributed by atoms with E-state index in [9.17, 15) is 19.8 Å². The highest BCUT2D eigenvalue weighted by molar-refractivity contribution is 6.01. The molecule has 0 bridgehead atoms. The Balaban J connectivity index is 1.30.